The van der Waals surface area contributed by atoms with Crippen LogP contribution in [-0.2, 0) is 0 Å². The summed E-state index contributed by atoms with van der Waals surface area (Å²) in [6.07, 6.45) is -3.05. The molecule has 0 bridgehead atoms. The monoisotopic (exact) mass is 374 g/mol. The van der Waals surface area contributed by atoms with Gasteiger partial charge in [-0.1, -0.05) is 11.6 Å². The molecule has 1 amide bonds. The lowest BCUT2D eigenvalue weighted by Crippen LogP contribution is -2.20. The maximum Gasteiger partial charge on any atom is 0.422 e. The van der Waals surface area contributed by atoms with Gasteiger partial charge in [0.1, 0.15) is 11.3 Å². The first kappa shape index (κ1) is 18.9. The second-order valence-corrected chi connectivity index (χ2v) is 5.22. The first-order valence-corrected chi connectivity index (χ1v) is 7.56. The molecule has 2 rings (SSSR count). The van der Waals surface area contributed by atoms with Gasteiger partial charge in [-0.3, -0.25) is 4.79 Å². The number of halogens is 4. The number of ether oxygens (including phenoxy) is 2. The highest BCUT2D eigenvalue weighted by atomic mass is 35.5. The van der Waals surface area contributed by atoms with Crippen LogP contribution in [0.1, 0.15) is 17.3 Å². The molecule has 0 fully saturated rings. The summed E-state index contributed by atoms with van der Waals surface area (Å²) >= 11 is 5.85. The largest absolute Gasteiger partial charge is 0.482 e. The number of hydrogen-bond acceptors (Lipinski definition) is 4. The van der Waals surface area contributed by atoms with E-state index in [0.29, 0.717) is 6.61 Å². The molecule has 0 saturated carbocycles. The molecule has 25 heavy (non-hydrogen) atoms. The van der Waals surface area contributed by atoms with E-state index in [2.05, 4.69) is 10.3 Å². The number of benzene rings is 1. The highest BCUT2D eigenvalue weighted by Gasteiger charge is 2.29. The van der Waals surface area contributed by atoms with Gasteiger partial charge >= 0.3 is 6.18 Å². The lowest BCUT2D eigenvalue weighted by molar-refractivity contribution is -0.153. The van der Waals surface area contributed by atoms with Gasteiger partial charge < -0.3 is 14.8 Å². The van der Waals surface area contributed by atoms with Crippen molar-refractivity contribution in [1.82, 2.24) is 4.98 Å². The summed E-state index contributed by atoms with van der Waals surface area (Å²) in [5.41, 5.74) is 0.138. The molecule has 1 N–H and O–H groups in total. The van der Waals surface area contributed by atoms with Crippen LogP contribution in [-0.4, -0.2) is 30.3 Å². The number of rotatable bonds is 6. The standard InChI is InChI=1S/C16H14ClF3N2O3/c1-2-24-15-11(4-3-7-21-15)14(23)22-12-8-10(17)5-6-13(12)25-9-16(18,19)20/h3-8H,2,9H2,1H3,(H,22,23). The van der Waals surface area contributed by atoms with E-state index in [1.54, 1.807) is 6.92 Å². The summed E-state index contributed by atoms with van der Waals surface area (Å²) in [4.78, 5) is 16.4. The van der Waals surface area contributed by atoms with E-state index in [0.717, 1.165) is 0 Å². The van der Waals surface area contributed by atoms with Gasteiger partial charge in [0, 0.05) is 11.2 Å². The third-order valence-corrected chi connectivity index (χ3v) is 3.11. The smallest absolute Gasteiger partial charge is 0.422 e. The summed E-state index contributed by atoms with van der Waals surface area (Å²) in [7, 11) is 0. The molecule has 0 spiro atoms. The quantitative estimate of drug-likeness (QED) is 0.817. The number of carbonyl (C=O) groups is 1. The van der Waals surface area contributed by atoms with E-state index in [9.17, 15) is 18.0 Å². The molecule has 0 aliphatic rings. The Labute approximate surface area is 146 Å². The Kier molecular flexibility index (Phi) is 6.08. The van der Waals surface area contributed by atoms with E-state index in [4.69, 9.17) is 21.1 Å². The second-order valence-electron chi connectivity index (χ2n) is 4.79. The van der Waals surface area contributed by atoms with Gasteiger partial charge in [0.2, 0.25) is 5.88 Å². The van der Waals surface area contributed by atoms with Crippen LogP contribution in [0.25, 0.3) is 0 Å². The Morgan fingerprint density at radius 2 is 2.04 bits per heavy atom. The Morgan fingerprint density at radius 1 is 1.28 bits per heavy atom. The number of anilines is 1. The molecule has 0 atom stereocenters. The molecule has 0 unspecified atom stereocenters. The molecule has 2 aromatic rings. The fraction of sp³-hybridized carbons (Fsp3) is 0.250. The number of aromatic nitrogens is 1. The number of nitrogens with zero attached hydrogens (tertiary/aromatic N) is 1. The number of nitrogens with one attached hydrogen (secondary N) is 1. The van der Waals surface area contributed by atoms with Gasteiger partial charge in [-0.15, -0.1) is 0 Å². The van der Waals surface area contributed by atoms with Crippen molar-refractivity contribution in [1.29, 1.82) is 0 Å². The van der Waals surface area contributed by atoms with Crippen molar-refractivity contribution in [3.8, 4) is 11.6 Å². The van der Waals surface area contributed by atoms with Crippen molar-refractivity contribution in [3.05, 3.63) is 47.1 Å². The lowest BCUT2D eigenvalue weighted by atomic mass is 10.2. The molecule has 0 aliphatic carbocycles. The minimum atomic E-state index is -4.51. The Bertz CT molecular complexity index is 754. The Hall–Kier alpha value is -2.48. The SMILES string of the molecule is CCOc1ncccc1C(=O)Nc1cc(Cl)ccc1OCC(F)(F)F. The molecular formula is C16H14ClF3N2O3. The maximum absolute atomic E-state index is 12.4. The summed E-state index contributed by atoms with van der Waals surface area (Å²) in [5, 5.41) is 2.69. The van der Waals surface area contributed by atoms with Crippen LogP contribution in [0.4, 0.5) is 18.9 Å². The number of hydrogen-bond donors (Lipinski definition) is 1. The second kappa shape index (κ2) is 8.06. The average molecular weight is 375 g/mol. The van der Waals surface area contributed by atoms with Crippen LogP contribution in [0.15, 0.2) is 36.5 Å². The predicted octanol–water partition coefficient (Wildman–Crippen LogP) is 4.33. The number of pyridine rings is 1. The van der Waals surface area contributed by atoms with Crippen LogP contribution in [0.3, 0.4) is 0 Å². The number of amides is 1. The number of carbonyl (C=O) groups excluding carboxylic acids is 1. The molecule has 5 nitrogen and oxygen atoms in total. The van der Waals surface area contributed by atoms with Gasteiger partial charge in [-0.05, 0) is 37.3 Å². The van der Waals surface area contributed by atoms with Gasteiger partial charge in [-0.25, -0.2) is 4.98 Å². The van der Waals surface area contributed by atoms with Crippen molar-refractivity contribution >= 4 is 23.2 Å². The van der Waals surface area contributed by atoms with Crippen molar-refractivity contribution < 1.29 is 27.4 Å². The average Bonchev–Trinajstić information content (AvgIpc) is 2.54. The molecule has 9 heteroatoms. The summed E-state index contributed by atoms with van der Waals surface area (Å²) in [5.74, 6) is -0.658. The van der Waals surface area contributed by atoms with Crippen molar-refractivity contribution in [2.45, 2.75) is 13.1 Å². The molecule has 1 aromatic heterocycles. The van der Waals surface area contributed by atoms with E-state index < -0.39 is 18.7 Å². The predicted molar refractivity (Wildman–Crippen MR) is 86.4 cm³/mol. The minimum absolute atomic E-state index is 0.00746. The zero-order valence-electron chi connectivity index (χ0n) is 13.1. The normalized spacial score (nSPS) is 11.1. The van der Waals surface area contributed by atoms with Crippen LogP contribution >= 0.6 is 11.6 Å². The minimum Gasteiger partial charge on any atom is -0.482 e. The first-order chi connectivity index (χ1) is 11.8. The third-order valence-electron chi connectivity index (χ3n) is 2.88. The first-order valence-electron chi connectivity index (χ1n) is 7.18. The molecule has 0 aliphatic heterocycles. The fourth-order valence-corrected chi connectivity index (χ4v) is 2.06. The van der Waals surface area contributed by atoms with Crippen LogP contribution in [0.2, 0.25) is 5.02 Å². The van der Waals surface area contributed by atoms with Gasteiger partial charge in [0.25, 0.3) is 5.91 Å². The van der Waals surface area contributed by atoms with E-state index >= 15 is 0 Å². The molecule has 1 aromatic carbocycles. The Balaban J connectivity index is 2.24. The van der Waals surface area contributed by atoms with Gasteiger partial charge in [0.05, 0.1) is 12.3 Å². The number of alkyl halides is 3. The van der Waals surface area contributed by atoms with Crippen LogP contribution < -0.4 is 14.8 Å². The topological polar surface area (TPSA) is 60.5 Å². The summed E-state index contributed by atoms with van der Waals surface area (Å²) in [6.45, 7) is 0.541. The lowest BCUT2D eigenvalue weighted by Gasteiger charge is -2.15. The highest BCUT2D eigenvalue weighted by molar-refractivity contribution is 6.31. The van der Waals surface area contributed by atoms with Crippen molar-refractivity contribution in [2.75, 3.05) is 18.5 Å². The molecule has 1 heterocycles. The van der Waals surface area contributed by atoms with Crippen molar-refractivity contribution in [3.63, 3.8) is 0 Å². The maximum atomic E-state index is 12.4. The summed E-state index contributed by atoms with van der Waals surface area (Å²) < 4.78 is 47.1. The van der Waals surface area contributed by atoms with E-state index in [1.807, 2.05) is 0 Å². The third kappa shape index (κ3) is 5.53. The van der Waals surface area contributed by atoms with Gasteiger partial charge in [0.15, 0.2) is 6.61 Å². The van der Waals surface area contributed by atoms with E-state index in [-0.39, 0.29) is 27.9 Å². The molecule has 0 radical (unpaired) electrons. The fourth-order valence-electron chi connectivity index (χ4n) is 1.89. The zero-order valence-corrected chi connectivity index (χ0v) is 13.8. The molecular weight excluding hydrogens is 361 g/mol. The van der Waals surface area contributed by atoms with E-state index in [1.165, 1.54) is 36.5 Å². The highest BCUT2D eigenvalue weighted by Crippen LogP contribution is 2.30. The zero-order chi connectivity index (χ0) is 18.4. The van der Waals surface area contributed by atoms with Crippen LogP contribution in [0.5, 0.6) is 11.6 Å². The van der Waals surface area contributed by atoms with Crippen molar-refractivity contribution in [2.24, 2.45) is 0 Å². The molecule has 134 valence electrons. The van der Waals surface area contributed by atoms with Crippen LogP contribution in [0, 0.1) is 0 Å². The van der Waals surface area contributed by atoms with Gasteiger partial charge in [-0.2, -0.15) is 13.2 Å². The Morgan fingerprint density at radius 3 is 2.72 bits per heavy atom. The molecule has 0 saturated heterocycles. The summed E-state index contributed by atoms with van der Waals surface area (Å²) in [6, 6.07) is 6.92.